The average Bonchev–Trinajstić information content (AvgIpc) is 3.46. The molecule has 9 nitrogen and oxygen atoms in total. The number of carbonyl (C=O) groups excluding carboxylic acids is 2. The SMILES string of the molecule is O=C(Nc1nccs1)C1CCCN1C(=O)c1cc(S(=O)(=O)N2CCOCC2)ccc1Cl. The molecule has 2 saturated heterocycles. The molecule has 1 N–H and O–H groups in total. The molecule has 0 bridgehead atoms. The van der Waals surface area contributed by atoms with Crippen molar-refractivity contribution >= 4 is 49.9 Å². The van der Waals surface area contributed by atoms with Gasteiger partial charge in [-0.25, -0.2) is 13.4 Å². The van der Waals surface area contributed by atoms with Crippen molar-refractivity contribution < 1.29 is 22.7 Å². The molecule has 166 valence electrons. The summed E-state index contributed by atoms with van der Waals surface area (Å²) >= 11 is 7.55. The number of thiazole rings is 1. The number of halogens is 1. The van der Waals surface area contributed by atoms with Gasteiger partial charge in [-0.15, -0.1) is 11.3 Å². The fourth-order valence-corrected chi connectivity index (χ4v) is 5.84. The van der Waals surface area contributed by atoms with Crippen molar-refractivity contribution in [2.45, 2.75) is 23.8 Å². The normalized spacial score (nSPS) is 20.0. The Bertz CT molecular complexity index is 1070. The fourth-order valence-electron chi connectivity index (χ4n) is 3.68. The highest BCUT2D eigenvalue weighted by Gasteiger charge is 2.36. The highest BCUT2D eigenvalue weighted by Crippen LogP contribution is 2.28. The zero-order valence-electron chi connectivity index (χ0n) is 16.5. The van der Waals surface area contributed by atoms with Gasteiger partial charge in [-0.2, -0.15) is 4.31 Å². The van der Waals surface area contributed by atoms with Gasteiger partial charge in [0.25, 0.3) is 5.91 Å². The zero-order valence-corrected chi connectivity index (χ0v) is 18.9. The zero-order chi connectivity index (χ0) is 22.0. The molecule has 1 unspecified atom stereocenters. The average molecular weight is 485 g/mol. The van der Waals surface area contributed by atoms with E-state index in [-0.39, 0.29) is 34.5 Å². The summed E-state index contributed by atoms with van der Waals surface area (Å²) in [4.78, 5) is 31.4. The summed E-state index contributed by atoms with van der Waals surface area (Å²) in [6.45, 7) is 1.52. The van der Waals surface area contributed by atoms with Crippen molar-refractivity contribution in [3.8, 4) is 0 Å². The number of benzene rings is 1. The quantitative estimate of drug-likeness (QED) is 0.695. The molecule has 12 heteroatoms. The van der Waals surface area contributed by atoms with E-state index in [1.54, 1.807) is 11.6 Å². The Labute approximate surface area is 189 Å². The van der Waals surface area contributed by atoms with Crippen molar-refractivity contribution in [2.24, 2.45) is 0 Å². The summed E-state index contributed by atoms with van der Waals surface area (Å²) in [5, 5.41) is 5.06. The number of carbonyl (C=O) groups is 2. The standard InChI is InChI=1S/C19H21ClN4O5S2/c20-15-4-3-13(31(27,28)23-7-9-29-10-8-23)12-14(15)18(26)24-6-1-2-16(24)17(25)22-19-21-5-11-30-19/h3-5,11-12,16H,1-2,6-10H2,(H,21,22,25). The Kier molecular flexibility index (Phi) is 6.58. The van der Waals surface area contributed by atoms with Crippen molar-refractivity contribution in [1.82, 2.24) is 14.2 Å². The molecule has 0 spiro atoms. The van der Waals surface area contributed by atoms with E-state index in [0.29, 0.717) is 37.7 Å². The Morgan fingerprint density at radius 1 is 1.23 bits per heavy atom. The third kappa shape index (κ3) is 4.60. The van der Waals surface area contributed by atoms with Crippen LogP contribution in [0.2, 0.25) is 5.02 Å². The molecule has 0 saturated carbocycles. The van der Waals surface area contributed by atoms with Gasteiger partial charge in [-0.3, -0.25) is 9.59 Å². The number of nitrogens with one attached hydrogen (secondary N) is 1. The number of hydrogen-bond donors (Lipinski definition) is 1. The molecule has 2 fully saturated rings. The van der Waals surface area contributed by atoms with Crippen LogP contribution < -0.4 is 5.32 Å². The van der Waals surface area contributed by atoms with Crippen LogP contribution in [0.15, 0.2) is 34.7 Å². The molecule has 2 amide bonds. The first-order chi connectivity index (χ1) is 14.9. The van der Waals surface area contributed by atoms with E-state index in [0.717, 1.165) is 0 Å². The maximum atomic E-state index is 13.3. The lowest BCUT2D eigenvalue weighted by atomic mass is 10.1. The number of nitrogens with zero attached hydrogens (tertiary/aromatic N) is 3. The van der Waals surface area contributed by atoms with Gasteiger partial charge in [0.1, 0.15) is 6.04 Å². The Morgan fingerprint density at radius 2 is 2.00 bits per heavy atom. The molecule has 4 rings (SSSR count). The lowest BCUT2D eigenvalue weighted by Gasteiger charge is -2.27. The van der Waals surface area contributed by atoms with Crippen LogP contribution in [0.3, 0.4) is 0 Å². The number of sulfonamides is 1. The molecule has 3 heterocycles. The summed E-state index contributed by atoms with van der Waals surface area (Å²) in [7, 11) is -3.78. The van der Waals surface area contributed by atoms with E-state index in [1.807, 2.05) is 0 Å². The highest BCUT2D eigenvalue weighted by molar-refractivity contribution is 7.89. The van der Waals surface area contributed by atoms with Crippen molar-refractivity contribution in [3.05, 3.63) is 40.4 Å². The van der Waals surface area contributed by atoms with Gasteiger partial charge in [0.2, 0.25) is 15.9 Å². The van der Waals surface area contributed by atoms with Crippen LogP contribution in [0.25, 0.3) is 0 Å². The van der Waals surface area contributed by atoms with E-state index >= 15 is 0 Å². The molecule has 1 aromatic carbocycles. The molecular weight excluding hydrogens is 464 g/mol. The summed E-state index contributed by atoms with van der Waals surface area (Å²) in [6.07, 6.45) is 2.75. The summed E-state index contributed by atoms with van der Waals surface area (Å²) in [6, 6.07) is 3.42. The summed E-state index contributed by atoms with van der Waals surface area (Å²) in [5.41, 5.74) is 0.0601. The van der Waals surface area contributed by atoms with Crippen molar-refractivity contribution in [1.29, 1.82) is 0 Å². The van der Waals surface area contributed by atoms with E-state index in [2.05, 4.69) is 10.3 Å². The summed E-state index contributed by atoms with van der Waals surface area (Å²) < 4.78 is 32.5. The lowest BCUT2D eigenvalue weighted by Crippen LogP contribution is -2.43. The van der Waals surface area contributed by atoms with Crippen LogP contribution in [0.5, 0.6) is 0 Å². The lowest BCUT2D eigenvalue weighted by molar-refractivity contribution is -0.119. The van der Waals surface area contributed by atoms with Crippen LogP contribution in [0.4, 0.5) is 5.13 Å². The summed E-state index contributed by atoms with van der Waals surface area (Å²) in [5.74, 6) is -0.796. The van der Waals surface area contributed by atoms with E-state index in [9.17, 15) is 18.0 Å². The number of morpholine rings is 1. The predicted octanol–water partition coefficient (Wildman–Crippen LogP) is 2.06. The van der Waals surface area contributed by atoms with E-state index in [1.165, 1.54) is 38.7 Å². The van der Waals surface area contributed by atoms with Gasteiger partial charge >= 0.3 is 0 Å². The molecule has 0 aliphatic carbocycles. The monoisotopic (exact) mass is 484 g/mol. The number of aromatic nitrogens is 1. The number of hydrogen-bond acceptors (Lipinski definition) is 7. The topological polar surface area (TPSA) is 109 Å². The molecule has 1 aromatic heterocycles. The van der Waals surface area contributed by atoms with Gasteiger partial charge in [0.15, 0.2) is 5.13 Å². The van der Waals surface area contributed by atoms with Crippen LogP contribution in [-0.2, 0) is 19.6 Å². The number of anilines is 1. The molecule has 2 aliphatic heterocycles. The highest BCUT2D eigenvalue weighted by atomic mass is 35.5. The number of ether oxygens (including phenoxy) is 1. The predicted molar refractivity (Wildman–Crippen MR) is 116 cm³/mol. The third-order valence-electron chi connectivity index (χ3n) is 5.25. The third-order valence-corrected chi connectivity index (χ3v) is 8.17. The van der Waals surface area contributed by atoms with Crippen LogP contribution in [-0.4, -0.2) is 73.3 Å². The molecule has 0 radical (unpaired) electrons. The number of rotatable bonds is 5. The first-order valence-corrected chi connectivity index (χ1v) is 12.5. The van der Waals surface area contributed by atoms with Crippen LogP contribution in [0.1, 0.15) is 23.2 Å². The minimum Gasteiger partial charge on any atom is -0.379 e. The molecule has 2 aliphatic rings. The van der Waals surface area contributed by atoms with Crippen LogP contribution >= 0.6 is 22.9 Å². The fraction of sp³-hybridized carbons (Fsp3) is 0.421. The second-order valence-electron chi connectivity index (χ2n) is 7.14. The first-order valence-electron chi connectivity index (χ1n) is 9.77. The Hall–Kier alpha value is -2.05. The minimum atomic E-state index is -3.78. The van der Waals surface area contributed by atoms with Crippen LogP contribution in [0, 0.1) is 0 Å². The van der Waals surface area contributed by atoms with Gasteiger partial charge in [0, 0.05) is 31.2 Å². The van der Waals surface area contributed by atoms with Gasteiger partial charge in [-0.1, -0.05) is 11.6 Å². The second-order valence-corrected chi connectivity index (χ2v) is 10.4. The second kappa shape index (κ2) is 9.21. The number of likely N-dealkylation sites (tertiary alicyclic amines) is 1. The first kappa shape index (κ1) is 22.2. The molecular formula is C19H21ClN4O5S2. The molecule has 1 atom stereocenters. The van der Waals surface area contributed by atoms with Gasteiger partial charge in [-0.05, 0) is 31.0 Å². The molecule has 31 heavy (non-hydrogen) atoms. The smallest absolute Gasteiger partial charge is 0.256 e. The van der Waals surface area contributed by atoms with Crippen molar-refractivity contribution in [3.63, 3.8) is 0 Å². The number of amides is 2. The molecule has 2 aromatic rings. The largest absolute Gasteiger partial charge is 0.379 e. The minimum absolute atomic E-state index is 0.00914. The Balaban J connectivity index is 1.57. The van der Waals surface area contributed by atoms with E-state index in [4.69, 9.17) is 16.3 Å². The van der Waals surface area contributed by atoms with Gasteiger partial charge < -0.3 is 15.0 Å². The maximum Gasteiger partial charge on any atom is 0.256 e. The maximum absolute atomic E-state index is 13.3. The van der Waals surface area contributed by atoms with Crippen molar-refractivity contribution in [2.75, 3.05) is 38.2 Å². The Morgan fingerprint density at radius 3 is 2.71 bits per heavy atom. The van der Waals surface area contributed by atoms with Gasteiger partial charge in [0.05, 0.1) is 28.7 Å². The van der Waals surface area contributed by atoms with E-state index < -0.39 is 22.0 Å².